The highest BCUT2D eigenvalue weighted by Gasteiger charge is 2.31. The van der Waals surface area contributed by atoms with Gasteiger partial charge in [0.25, 0.3) is 0 Å². The topological polar surface area (TPSA) is 110 Å². The molecule has 0 N–H and O–H groups in total. The maximum Gasteiger partial charge on any atom is 0.343 e. The molecule has 7 nitrogen and oxygen atoms in total. The zero-order valence-corrected chi connectivity index (χ0v) is 17.6. The summed E-state index contributed by atoms with van der Waals surface area (Å²) in [7, 11) is -5.91. The van der Waals surface area contributed by atoms with Gasteiger partial charge in [-0.2, -0.15) is 8.78 Å². The minimum Gasteiger partial charge on any atom is -0.744 e. The van der Waals surface area contributed by atoms with E-state index in [1.807, 2.05) is 0 Å². The van der Waals surface area contributed by atoms with Crippen LogP contribution in [0.5, 0.6) is 11.5 Å². The van der Waals surface area contributed by atoms with E-state index in [-0.39, 0.29) is 11.3 Å². The minimum absolute atomic E-state index is 0.0299. The molecule has 2 aromatic carbocycles. The molecule has 0 heterocycles. The average molecular weight is 559 g/mol. The van der Waals surface area contributed by atoms with Gasteiger partial charge >= 0.3 is 11.9 Å². The molecule has 0 aliphatic heterocycles. The summed E-state index contributed by atoms with van der Waals surface area (Å²) in [5.74, 6) is -14.3. The lowest BCUT2D eigenvalue weighted by Crippen LogP contribution is -2.16. The number of ether oxygens (including phenoxy) is 2. The molecule has 13 heteroatoms. The summed E-state index contributed by atoms with van der Waals surface area (Å²) in [5, 5.41) is 0. The van der Waals surface area contributed by atoms with E-state index in [1.165, 1.54) is 13.0 Å². The maximum atomic E-state index is 14.0. The van der Waals surface area contributed by atoms with Gasteiger partial charge in [-0.05, 0) is 47.7 Å². The molecule has 0 aromatic heterocycles. The number of benzene rings is 2. The van der Waals surface area contributed by atoms with Gasteiger partial charge in [-0.15, -0.1) is 0 Å². The molecule has 0 aliphatic carbocycles. The first-order chi connectivity index (χ1) is 13.8. The van der Waals surface area contributed by atoms with Gasteiger partial charge < -0.3 is 14.0 Å². The largest absolute Gasteiger partial charge is 0.744 e. The van der Waals surface area contributed by atoms with E-state index in [1.54, 1.807) is 22.6 Å². The Morgan fingerprint density at radius 1 is 1.03 bits per heavy atom. The number of carbonyl (C=O) groups excluding carboxylic acids is 2. The Bertz CT molecular complexity index is 1170. The lowest BCUT2D eigenvalue weighted by molar-refractivity contribution is -0.130. The van der Waals surface area contributed by atoms with Crippen LogP contribution in [0.1, 0.15) is 17.3 Å². The summed E-state index contributed by atoms with van der Waals surface area (Å²) in [6, 6.07) is 3.30. The molecule has 160 valence electrons. The van der Waals surface area contributed by atoms with Crippen LogP contribution < -0.4 is 9.47 Å². The van der Waals surface area contributed by atoms with Crippen LogP contribution in [0.3, 0.4) is 0 Å². The van der Waals surface area contributed by atoms with Crippen LogP contribution >= 0.6 is 22.6 Å². The second kappa shape index (κ2) is 8.69. The highest BCUT2D eigenvalue weighted by molar-refractivity contribution is 14.1. The van der Waals surface area contributed by atoms with Crippen LogP contribution in [-0.4, -0.2) is 24.9 Å². The third kappa shape index (κ3) is 4.79. The Kier molecular flexibility index (Phi) is 6.88. The molecule has 0 fully saturated rings. The van der Waals surface area contributed by atoms with Gasteiger partial charge in [-0.1, -0.05) is 6.58 Å². The summed E-state index contributed by atoms with van der Waals surface area (Å²) >= 11 is 1.75. The van der Waals surface area contributed by atoms with Crippen LogP contribution in [0.2, 0.25) is 0 Å². The Balaban J connectivity index is 2.47. The van der Waals surface area contributed by atoms with Crippen molar-refractivity contribution in [2.75, 3.05) is 0 Å². The second-order valence-electron chi connectivity index (χ2n) is 5.57. The first-order valence-electron chi connectivity index (χ1n) is 7.47. The fraction of sp³-hybridized carbons (Fsp3) is 0.0588. The molecule has 0 atom stereocenters. The molecule has 30 heavy (non-hydrogen) atoms. The van der Waals surface area contributed by atoms with Crippen molar-refractivity contribution in [1.29, 1.82) is 0 Å². The van der Waals surface area contributed by atoms with E-state index in [2.05, 4.69) is 11.3 Å². The highest BCUT2D eigenvalue weighted by Crippen LogP contribution is 2.33. The summed E-state index contributed by atoms with van der Waals surface area (Å²) in [6.45, 7) is 4.72. The summed E-state index contributed by atoms with van der Waals surface area (Å²) in [4.78, 5) is 21.4. The maximum absolute atomic E-state index is 14.0. The van der Waals surface area contributed by atoms with E-state index in [4.69, 9.17) is 4.74 Å². The molecular formula is C17H8F4IO7S-. The van der Waals surface area contributed by atoms with Crippen LogP contribution in [0.25, 0.3) is 0 Å². The third-order valence-corrected chi connectivity index (χ3v) is 5.10. The fourth-order valence-electron chi connectivity index (χ4n) is 1.95. The van der Waals surface area contributed by atoms with Gasteiger partial charge in [0.2, 0.25) is 17.4 Å². The number of carbonyl (C=O) groups is 2. The molecule has 0 saturated carbocycles. The van der Waals surface area contributed by atoms with Crippen LogP contribution in [0, 0.1) is 26.8 Å². The zero-order valence-electron chi connectivity index (χ0n) is 14.6. The van der Waals surface area contributed by atoms with E-state index in [9.17, 15) is 40.1 Å². The normalized spacial score (nSPS) is 11.2. The highest BCUT2D eigenvalue weighted by atomic mass is 127. The van der Waals surface area contributed by atoms with Crippen molar-refractivity contribution in [3.8, 4) is 11.5 Å². The molecule has 2 aromatic rings. The van der Waals surface area contributed by atoms with Gasteiger partial charge in [0.05, 0.1) is 9.13 Å². The van der Waals surface area contributed by atoms with Gasteiger partial charge in [-0.25, -0.2) is 26.8 Å². The quantitative estimate of drug-likeness (QED) is 0.105. The second-order valence-corrected chi connectivity index (χ2v) is 8.05. The minimum atomic E-state index is -5.91. The van der Waals surface area contributed by atoms with Crippen molar-refractivity contribution in [1.82, 2.24) is 0 Å². The first kappa shape index (κ1) is 23.8. The fourth-order valence-corrected chi connectivity index (χ4v) is 3.01. The summed E-state index contributed by atoms with van der Waals surface area (Å²) < 4.78 is 97.5. The van der Waals surface area contributed by atoms with Crippen molar-refractivity contribution < 1.29 is 49.6 Å². The zero-order chi connectivity index (χ0) is 23.0. The first-order valence-corrected chi connectivity index (χ1v) is 9.95. The molecule has 0 saturated heterocycles. The molecule has 0 aliphatic rings. The van der Waals surface area contributed by atoms with E-state index >= 15 is 0 Å². The molecular weight excluding hydrogens is 551 g/mol. The van der Waals surface area contributed by atoms with Crippen LogP contribution in [0.4, 0.5) is 17.6 Å². The number of hydrogen-bond donors (Lipinski definition) is 0. The van der Waals surface area contributed by atoms with Gasteiger partial charge in [0.15, 0.2) is 11.6 Å². The number of rotatable bonds is 5. The van der Waals surface area contributed by atoms with Crippen molar-refractivity contribution in [2.45, 2.75) is 11.8 Å². The Hall–Kier alpha value is -2.52. The molecule has 0 amide bonds. The average Bonchev–Trinajstić information content (AvgIpc) is 2.64. The van der Waals surface area contributed by atoms with Crippen molar-refractivity contribution >= 4 is 44.6 Å². The van der Waals surface area contributed by atoms with Gasteiger partial charge in [0, 0.05) is 5.57 Å². The molecule has 2 rings (SSSR count). The van der Waals surface area contributed by atoms with Crippen LogP contribution in [0.15, 0.2) is 35.2 Å². The molecule has 0 radical (unpaired) electrons. The van der Waals surface area contributed by atoms with Gasteiger partial charge in [-0.3, -0.25) is 0 Å². The SMILES string of the molecule is C=C(C)C(=O)Oc1cc(C(=O)Oc2c(F)c(F)c(S(=O)(=O)[O-])c(F)c2F)ccc1I. The Morgan fingerprint density at radius 2 is 1.57 bits per heavy atom. The molecule has 0 bridgehead atoms. The molecule has 0 spiro atoms. The van der Waals surface area contributed by atoms with Crippen molar-refractivity contribution in [3.63, 3.8) is 0 Å². The van der Waals surface area contributed by atoms with E-state index < -0.39 is 61.5 Å². The standard InChI is InChI=1S/C17H9F4IO7S/c1-6(2)16(23)28-9-5-7(3-4-8(9)22)17(24)29-14-10(18)12(20)15(30(25,26)27)13(21)11(14)19/h3-5H,1H2,2H3,(H,25,26,27)/p-1. The summed E-state index contributed by atoms with van der Waals surface area (Å²) in [6.07, 6.45) is 0. The Labute approximate surface area is 180 Å². The predicted octanol–water partition coefficient (Wildman–Crippen LogP) is 3.45. The lowest BCUT2D eigenvalue weighted by atomic mass is 10.2. The predicted molar refractivity (Wildman–Crippen MR) is 98.8 cm³/mol. The molecule has 0 unspecified atom stereocenters. The van der Waals surface area contributed by atoms with Gasteiger partial charge in [0.1, 0.15) is 20.8 Å². The Morgan fingerprint density at radius 3 is 2.03 bits per heavy atom. The third-order valence-electron chi connectivity index (χ3n) is 3.35. The van der Waals surface area contributed by atoms with Crippen LogP contribution in [-0.2, 0) is 14.9 Å². The van der Waals surface area contributed by atoms with E-state index in [0.717, 1.165) is 12.1 Å². The number of esters is 2. The van der Waals surface area contributed by atoms with Crippen molar-refractivity contribution in [2.24, 2.45) is 0 Å². The van der Waals surface area contributed by atoms with E-state index in [0.29, 0.717) is 3.57 Å². The lowest BCUT2D eigenvalue weighted by Gasteiger charge is -2.14. The smallest absolute Gasteiger partial charge is 0.343 e. The number of hydrogen-bond acceptors (Lipinski definition) is 7. The monoisotopic (exact) mass is 559 g/mol. The number of halogens is 5. The van der Waals surface area contributed by atoms with Crippen molar-refractivity contribution in [3.05, 3.63) is 62.8 Å². The summed E-state index contributed by atoms with van der Waals surface area (Å²) in [5.41, 5.74) is -0.414.